The molecular formula is C36H64Na2O4. The van der Waals surface area contributed by atoms with Crippen molar-refractivity contribution in [3.63, 3.8) is 0 Å². The molecule has 0 rings (SSSR count). The Morgan fingerprint density at radius 2 is 0.714 bits per heavy atom. The molecule has 0 aromatic heterocycles. The monoisotopic (exact) mass is 606 g/mol. The summed E-state index contributed by atoms with van der Waals surface area (Å²) in [6, 6.07) is 0. The van der Waals surface area contributed by atoms with E-state index >= 15 is 0 Å². The number of hydrogen-bond donors (Lipinski definition) is 0. The van der Waals surface area contributed by atoms with Crippen molar-refractivity contribution < 1.29 is 81.3 Å². The van der Waals surface area contributed by atoms with E-state index in [-0.39, 0.29) is 62.0 Å². The summed E-state index contributed by atoms with van der Waals surface area (Å²) in [5.41, 5.74) is 0. The fourth-order valence-corrected chi connectivity index (χ4v) is 4.34. The topological polar surface area (TPSA) is 52.6 Å². The number of hydrogen-bond acceptors (Lipinski definition) is 4. The Hall–Kier alpha value is -0.1000. The van der Waals surface area contributed by atoms with Crippen molar-refractivity contribution in [1.29, 1.82) is 0 Å². The minimum Gasteiger partial charge on any atom is -1.00 e. The predicted molar refractivity (Wildman–Crippen MR) is 173 cm³/mol. The zero-order valence-electron chi connectivity index (χ0n) is 30.2. The summed E-state index contributed by atoms with van der Waals surface area (Å²) in [4.78, 5) is 32.9. The Bertz CT molecular complexity index is 640. The van der Waals surface area contributed by atoms with E-state index in [9.17, 15) is 9.59 Å². The van der Waals surface area contributed by atoms with Gasteiger partial charge in [0.25, 0.3) is 0 Å². The molecule has 42 heavy (non-hydrogen) atoms. The Kier molecular flexibility index (Phi) is 45.1. The van der Waals surface area contributed by atoms with E-state index in [1.807, 2.05) is 0 Å². The molecule has 0 saturated carbocycles. The average Bonchev–Trinajstić information content (AvgIpc) is 2.96. The molecule has 0 aliphatic carbocycles. The minimum atomic E-state index is -0.445. The standard InChI is InChI=1S/C36H62O4.2Na.2H/c1-3-5-7-9-11-13-15-17-19-21-23-25-27-29-31-33-35(37)39-40-36(38)34-32-30-28-26-24-22-20-18-16-14-12-10-8-6-4-2;;;;/h11-14,17-20H,3-10,15-16,21-34H2,1-2H3;;;;/q;2*+1;2*-1/b13-11-,14-12-,19-17-,20-18-;;;;. The molecule has 0 heterocycles. The van der Waals surface area contributed by atoms with Crippen LogP contribution in [-0.2, 0) is 19.4 Å². The van der Waals surface area contributed by atoms with Gasteiger partial charge < -0.3 is 2.85 Å². The molecule has 0 unspecified atom stereocenters. The van der Waals surface area contributed by atoms with Crippen molar-refractivity contribution in [3.8, 4) is 0 Å². The number of rotatable bonds is 28. The van der Waals surface area contributed by atoms with Crippen molar-refractivity contribution in [2.24, 2.45) is 0 Å². The van der Waals surface area contributed by atoms with Crippen LogP contribution < -0.4 is 59.1 Å². The second-order valence-electron chi connectivity index (χ2n) is 10.9. The molecule has 0 saturated heterocycles. The van der Waals surface area contributed by atoms with Gasteiger partial charge in [0.2, 0.25) is 0 Å². The number of unbranched alkanes of at least 4 members (excludes halogenated alkanes) is 16. The molecule has 0 spiro atoms. The van der Waals surface area contributed by atoms with Gasteiger partial charge >= 0.3 is 71.1 Å². The fraction of sp³-hybridized carbons (Fsp3) is 0.722. The molecule has 0 aromatic carbocycles. The van der Waals surface area contributed by atoms with Crippen molar-refractivity contribution in [2.75, 3.05) is 0 Å². The van der Waals surface area contributed by atoms with Crippen LogP contribution in [0, 0.1) is 0 Å². The zero-order chi connectivity index (χ0) is 29.2. The van der Waals surface area contributed by atoms with Gasteiger partial charge in [-0.05, 0) is 77.0 Å². The first-order chi connectivity index (χ1) is 19.7. The van der Waals surface area contributed by atoms with Crippen LogP contribution in [0.3, 0.4) is 0 Å². The second-order valence-corrected chi connectivity index (χ2v) is 10.9. The van der Waals surface area contributed by atoms with Gasteiger partial charge in [-0.15, -0.1) is 0 Å². The van der Waals surface area contributed by atoms with Gasteiger partial charge in [-0.3, -0.25) is 0 Å². The van der Waals surface area contributed by atoms with Crippen LogP contribution in [0.5, 0.6) is 0 Å². The van der Waals surface area contributed by atoms with Crippen molar-refractivity contribution >= 4 is 11.9 Å². The molecule has 0 bridgehead atoms. The molecule has 0 N–H and O–H groups in total. The van der Waals surface area contributed by atoms with Crippen LogP contribution in [0.2, 0.25) is 0 Å². The predicted octanol–water partition coefficient (Wildman–Crippen LogP) is 5.85. The first kappa shape index (κ1) is 46.3. The molecule has 234 valence electrons. The molecule has 6 heteroatoms. The smallest absolute Gasteiger partial charge is 1.00 e. The van der Waals surface area contributed by atoms with Crippen molar-refractivity contribution in [1.82, 2.24) is 0 Å². The Labute approximate surface area is 307 Å². The third-order valence-electron chi connectivity index (χ3n) is 6.89. The van der Waals surface area contributed by atoms with Crippen LogP contribution in [-0.4, -0.2) is 11.9 Å². The average molecular weight is 607 g/mol. The van der Waals surface area contributed by atoms with E-state index in [0.717, 1.165) is 64.2 Å². The molecule has 0 radical (unpaired) electrons. The number of carbonyl (C=O) groups excluding carboxylic acids is 2. The van der Waals surface area contributed by atoms with E-state index in [4.69, 9.17) is 0 Å². The first-order valence-corrected chi connectivity index (χ1v) is 16.7. The van der Waals surface area contributed by atoms with Crippen molar-refractivity contribution in [2.45, 2.75) is 168 Å². The molecular weight excluding hydrogens is 542 g/mol. The SMILES string of the molecule is CCCCC/C=C\C/C=C\CCCCCCCC(=O)OOC(=O)CCCCCCC/C=C\C/C=C\CCCCC.[H-].[H-].[Na+].[Na+]. The fourth-order valence-electron chi connectivity index (χ4n) is 4.34. The van der Waals surface area contributed by atoms with Gasteiger partial charge in [0.05, 0.1) is 12.8 Å². The van der Waals surface area contributed by atoms with E-state index in [1.54, 1.807) is 0 Å². The summed E-state index contributed by atoms with van der Waals surface area (Å²) in [6.45, 7) is 4.47. The quantitative estimate of drug-likeness (QED) is 0.0369. The van der Waals surface area contributed by atoms with E-state index in [2.05, 4.69) is 72.2 Å². The Morgan fingerprint density at radius 3 is 1.05 bits per heavy atom. The Balaban J connectivity index is -0.00000127. The molecule has 0 amide bonds. The number of allylic oxidation sites excluding steroid dienone is 8. The van der Waals surface area contributed by atoms with Crippen LogP contribution in [0.15, 0.2) is 48.6 Å². The third-order valence-corrected chi connectivity index (χ3v) is 6.89. The van der Waals surface area contributed by atoms with Crippen LogP contribution in [0.1, 0.15) is 171 Å². The summed E-state index contributed by atoms with van der Waals surface area (Å²) < 4.78 is 0. The third kappa shape index (κ3) is 39.9. The summed E-state index contributed by atoms with van der Waals surface area (Å²) in [5, 5.41) is 0. The van der Waals surface area contributed by atoms with E-state index < -0.39 is 11.9 Å². The molecule has 0 atom stereocenters. The largest absolute Gasteiger partial charge is 1.00 e. The second kappa shape index (κ2) is 40.9. The van der Waals surface area contributed by atoms with Crippen LogP contribution >= 0.6 is 0 Å². The molecule has 0 aliphatic rings. The maximum Gasteiger partial charge on any atom is 1.00 e. The Morgan fingerprint density at radius 1 is 0.429 bits per heavy atom. The van der Waals surface area contributed by atoms with Gasteiger partial charge in [-0.25, -0.2) is 19.4 Å². The summed E-state index contributed by atoms with van der Waals surface area (Å²) in [7, 11) is 0. The van der Waals surface area contributed by atoms with Gasteiger partial charge in [0, 0.05) is 0 Å². The first-order valence-electron chi connectivity index (χ1n) is 16.7. The molecule has 0 fully saturated rings. The molecule has 4 nitrogen and oxygen atoms in total. The van der Waals surface area contributed by atoms with Gasteiger partial charge in [0.1, 0.15) is 0 Å². The van der Waals surface area contributed by atoms with Gasteiger partial charge in [-0.1, -0.05) is 127 Å². The maximum atomic E-state index is 11.8. The van der Waals surface area contributed by atoms with Gasteiger partial charge in [0.15, 0.2) is 0 Å². The molecule has 0 aliphatic heterocycles. The van der Waals surface area contributed by atoms with Crippen molar-refractivity contribution in [3.05, 3.63) is 48.6 Å². The summed E-state index contributed by atoms with van der Waals surface area (Å²) >= 11 is 0. The minimum absolute atomic E-state index is 0. The summed E-state index contributed by atoms with van der Waals surface area (Å²) in [5.74, 6) is -0.891. The van der Waals surface area contributed by atoms with Gasteiger partial charge in [-0.2, -0.15) is 0 Å². The maximum absolute atomic E-state index is 11.8. The number of carbonyl (C=O) groups is 2. The zero-order valence-corrected chi connectivity index (χ0v) is 32.2. The normalized spacial score (nSPS) is 11.4. The summed E-state index contributed by atoms with van der Waals surface area (Å²) in [6.07, 6.45) is 43.8. The van der Waals surface area contributed by atoms with Crippen LogP contribution in [0.4, 0.5) is 0 Å². The van der Waals surface area contributed by atoms with Crippen LogP contribution in [0.25, 0.3) is 0 Å². The van der Waals surface area contributed by atoms with E-state index in [0.29, 0.717) is 12.8 Å². The molecule has 0 aromatic rings. The van der Waals surface area contributed by atoms with E-state index in [1.165, 1.54) is 77.0 Å².